The minimum atomic E-state index is -3.38. The molecule has 0 atom stereocenters. The van der Waals surface area contributed by atoms with E-state index in [2.05, 4.69) is 20.5 Å². The zero-order valence-corrected chi connectivity index (χ0v) is 14.5. The number of carbonyl (C=O) groups is 1. The zero-order valence-electron chi connectivity index (χ0n) is 13.6. The van der Waals surface area contributed by atoms with Crippen LogP contribution >= 0.6 is 0 Å². The minimum absolute atomic E-state index is 0.0791. The summed E-state index contributed by atoms with van der Waals surface area (Å²) in [6.07, 6.45) is 1.09. The number of carbonyl (C=O) groups excluding carboxylic acids is 1. The highest BCUT2D eigenvalue weighted by molar-refractivity contribution is 7.90. The summed E-state index contributed by atoms with van der Waals surface area (Å²) in [5, 5.41) is 9.28. The van der Waals surface area contributed by atoms with E-state index >= 15 is 0 Å². The average molecular weight is 356 g/mol. The van der Waals surface area contributed by atoms with Crippen molar-refractivity contribution in [2.45, 2.75) is 11.8 Å². The number of aromatic nitrogens is 3. The van der Waals surface area contributed by atoms with Gasteiger partial charge < -0.3 is 0 Å². The van der Waals surface area contributed by atoms with E-state index in [1.54, 1.807) is 0 Å². The molecule has 8 heteroatoms. The topological polar surface area (TPSA) is 105 Å². The van der Waals surface area contributed by atoms with Gasteiger partial charge in [0.15, 0.2) is 15.7 Å². The van der Waals surface area contributed by atoms with Crippen LogP contribution in [0.4, 0.5) is 5.95 Å². The molecule has 0 aliphatic rings. The Balaban J connectivity index is 1.79. The number of H-pyrrole nitrogens is 1. The number of sulfone groups is 1. The van der Waals surface area contributed by atoms with Crippen molar-refractivity contribution < 1.29 is 13.2 Å². The van der Waals surface area contributed by atoms with E-state index in [0.717, 1.165) is 17.4 Å². The Morgan fingerprint density at radius 3 is 2.52 bits per heavy atom. The number of nitrogens with zero attached hydrogens (tertiary/aromatic N) is 2. The second-order valence-corrected chi connectivity index (χ2v) is 7.64. The molecule has 25 heavy (non-hydrogen) atoms. The smallest absolute Gasteiger partial charge is 0.258 e. The van der Waals surface area contributed by atoms with Crippen LogP contribution in [0.3, 0.4) is 0 Å². The SMILES string of the molecule is Cc1ccc(-c2nc(NC(=O)c3cccc(S(C)(=O)=O)c3)n[nH]2)cc1. The largest absolute Gasteiger partial charge is 0.289 e. The summed E-state index contributed by atoms with van der Waals surface area (Å²) in [5.74, 6) is 0.158. The van der Waals surface area contributed by atoms with Gasteiger partial charge >= 0.3 is 0 Å². The van der Waals surface area contributed by atoms with Crippen molar-refractivity contribution in [3.8, 4) is 11.4 Å². The molecule has 3 rings (SSSR count). The van der Waals surface area contributed by atoms with Crippen LogP contribution in [0.1, 0.15) is 15.9 Å². The number of nitrogens with one attached hydrogen (secondary N) is 2. The number of rotatable bonds is 4. The molecule has 2 N–H and O–H groups in total. The van der Waals surface area contributed by atoms with Crippen LogP contribution in [0.2, 0.25) is 0 Å². The molecule has 1 heterocycles. The Labute approximate surface area is 145 Å². The Bertz CT molecular complexity index is 1020. The highest BCUT2D eigenvalue weighted by Gasteiger charge is 2.14. The molecular formula is C17H16N4O3S. The molecule has 0 saturated heterocycles. The first-order chi connectivity index (χ1) is 11.8. The highest BCUT2D eigenvalue weighted by Crippen LogP contribution is 2.17. The predicted molar refractivity (Wildman–Crippen MR) is 94.1 cm³/mol. The first-order valence-corrected chi connectivity index (χ1v) is 9.33. The molecule has 0 aliphatic heterocycles. The van der Waals surface area contributed by atoms with Crippen LogP contribution in [0.5, 0.6) is 0 Å². The van der Waals surface area contributed by atoms with E-state index in [0.29, 0.717) is 5.82 Å². The van der Waals surface area contributed by atoms with E-state index in [1.165, 1.54) is 24.3 Å². The molecular weight excluding hydrogens is 340 g/mol. The van der Waals surface area contributed by atoms with E-state index in [9.17, 15) is 13.2 Å². The first kappa shape index (κ1) is 16.8. The zero-order chi connectivity index (χ0) is 18.0. The molecule has 0 bridgehead atoms. The fourth-order valence-corrected chi connectivity index (χ4v) is 2.87. The maximum atomic E-state index is 12.3. The first-order valence-electron chi connectivity index (χ1n) is 7.44. The van der Waals surface area contributed by atoms with Crippen molar-refractivity contribution in [1.82, 2.24) is 15.2 Å². The summed E-state index contributed by atoms with van der Waals surface area (Å²) in [4.78, 5) is 16.6. The van der Waals surface area contributed by atoms with E-state index < -0.39 is 15.7 Å². The van der Waals surface area contributed by atoms with Gasteiger partial charge in [-0.3, -0.25) is 15.2 Å². The summed E-state index contributed by atoms with van der Waals surface area (Å²) in [5.41, 5.74) is 2.19. The number of anilines is 1. The van der Waals surface area contributed by atoms with Crippen molar-refractivity contribution >= 4 is 21.7 Å². The van der Waals surface area contributed by atoms with Crippen molar-refractivity contribution in [3.63, 3.8) is 0 Å². The van der Waals surface area contributed by atoms with Crippen LogP contribution < -0.4 is 5.32 Å². The second kappa shape index (κ2) is 6.48. The molecule has 0 unspecified atom stereocenters. The maximum absolute atomic E-state index is 12.3. The molecule has 7 nitrogen and oxygen atoms in total. The standard InChI is InChI=1S/C17H16N4O3S/c1-11-6-8-12(9-7-11)15-18-17(21-20-15)19-16(22)13-4-3-5-14(10-13)25(2,23)24/h3-10H,1-2H3,(H2,18,19,20,21,22). The second-order valence-electron chi connectivity index (χ2n) is 5.63. The molecule has 128 valence electrons. The molecule has 0 aliphatic carbocycles. The number of aryl methyl sites for hydroxylation is 1. The summed E-state index contributed by atoms with van der Waals surface area (Å²) in [6.45, 7) is 1.99. The van der Waals surface area contributed by atoms with Gasteiger partial charge in [0.2, 0.25) is 5.95 Å². The lowest BCUT2D eigenvalue weighted by molar-refractivity contribution is 0.102. The van der Waals surface area contributed by atoms with E-state index in [-0.39, 0.29) is 16.4 Å². The van der Waals surface area contributed by atoms with Crippen molar-refractivity contribution in [3.05, 3.63) is 59.7 Å². The molecule has 1 amide bonds. The van der Waals surface area contributed by atoms with Gasteiger partial charge in [0.25, 0.3) is 5.91 Å². The average Bonchev–Trinajstić information content (AvgIpc) is 3.03. The summed E-state index contributed by atoms with van der Waals surface area (Å²) in [7, 11) is -3.38. The van der Waals surface area contributed by atoms with Gasteiger partial charge in [0, 0.05) is 17.4 Å². The van der Waals surface area contributed by atoms with Gasteiger partial charge in [0.1, 0.15) is 0 Å². The van der Waals surface area contributed by atoms with Gasteiger partial charge in [-0.15, -0.1) is 5.10 Å². The van der Waals surface area contributed by atoms with Gasteiger partial charge in [-0.05, 0) is 25.1 Å². The molecule has 2 aromatic carbocycles. The van der Waals surface area contributed by atoms with Crippen LogP contribution in [0, 0.1) is 6.92 Å². The lowest BCUT2D eigenvalue weighted by atomic mass is 10.1. The van der Waals surface area contributed by atoms with Crippen molar-refractivity contribution in [2.75, 3.05) is 11.6 Å². The van der Waals surface area contributed by atoms with Crippen LogP contribution in [-0.4, -0.2) is 35.8 Å². The Hall–Kier alpha value is -3.00. The third kappa shape index (κ3) is 3.92. The quantitative estimate of drug-likeness (QED) is 0.747. The molecule has 0 saturated carbocycles. The number of hydrogen-bond acceptors (Lipinski definition) is 5. The minimum Gasteiger partial charge on any atom is -0.289 e. The maximum Gasteiger partial charge on any atom is 0.258 e. The van der Waals surface area contributed by atoms with Crippen molar-refractivity contribution in [2.24, 2.45) is 0 Å². The number of benzene rings is 2. The predicted octanol–water partition coefficient (Wildman–Crippen LogP) is 2.44. The van der Waals surface area contributed by atoms with Gasteiger partial charge in [0.05, 0.1) is 4.90 Å². The lowest BCUT2D eigenvalue weighted by Crippen LogP contribution is -2.13. The monoisotopic (exact) mass is 356 g/mol. The number of aromatic amines is 1. The molecule has 1 aromatic heterocycles. The van der Waals surface area contributed by atoms with Gasteiger partial charge in [-0.2, -0.15) is 4.98 Å². The Kier molecular flexibility index (Phi) is 4.37. The lowest BCUT2D eigenvalue weighted by Gasteiger charge is -2.03. The molecule has 0 radical (unpaired) electrons. The molecule has 0 fully saturated rings. The van der Waals surface area contributed by atoms with Crippen molar-refractivity contribution in [1.29, 1.82) is 0 Å². The van der Waals surface area contributed by atoms with Gasteiger partial charge in [-0.1, -0.05) is 35.9 Å². The number of hydrogen-bond donors (Lipinski definition) is 2. The fourth-order valence-electron chi connectivity index (χ4n) is 2.20. The normalized spacial score (nSPS) is 11.3. The van der Waals surface area contributed by atoms with E-state index in [1.807, 2.05) is 31.2 Å². The highest BCUT2D eigenvalue weighted by atomic mass is 32.2. The van der Waals surface area contributed by atoms with Crippen LogP contribution in [0.15, 0.2) is 53.4 Å². The third-order valence-corrected chi connectivity index (χ3v) is 4.67. The van der Waals surface area contributed by atoms with Crippen LogP contribution in [0.25, 0.3) is 11.4 Å². The molecule has 0 spiro atoms. The Morgan fingerprint density at radius 2 is 1.84 bits per heavy atom. The molecule has 3 aromatic rings. The summed E-state index contributed by atoms with van der Waals surface area (Å²) in [6, 6.07) is 13.5. The summed E-state index contributed by atoms with van der Waals surface area (Å²) >= 11 is 0. The number of amides is 1. The summed E-state index contributed by atoms with van der Waals surface area (Å²) < 4.78 is 23.2. The third-order valence-electron chi connectivity index (χ3n) is 3.56. The van der Waals surface area contributed by atoms with E-state index in [4.69, 9.17) is 0 Å². The van der Waals surface area contributed by atoms with Crippen LogP contribution in [-0.2, 0) is 9.84 Å². The van der Waals surface area contributed by atoms with Gasteiger partial charge in [-0.25, -0.2) is 8.42 Å². The Morgan fingerprint density at radius 1 is 1.12 bits per heavy atom. The fraction of sp³-hybridized carbons (Fsp3) is 0.118.